The molecule has 0 bridgehead atoms. The van der Waals surface area contributed by atoms with Gasteiger partial charge in [0.1, 0.15) is 6.61 Å². The summed E-state index contributed by atoms with van der Waals surface area (Å²) in [5.74, 6) is 1.25. The molecule has 0 heterocycles. The molecule has 0 aliphatic heterocycles. The van der Waals surface area contributed by atoms with Gasteiger partial charge < -0.3 is 15.2 Å². The molecule has 7 heteroatoms. The largest absolute Gasteiger partial charge is 0.493 e. The van der Waals surface area contributed by atoms with Crippen molar-refractivity contribution in [1.29, 1.82) is 0 Å². The SMILES string of the molecule is COc1cc(CCNS(=O)(=O)c2ccc(N)cc2)ccc1OCc1ccccc1. The number of methoxy groups -OCH3 is 1. The summed E-state index contributed by atoms with van der Waals surface area (Å²) in [5.41, 5.74) is 8.13. The summed E-state index contributed by atoms with van der Waals surface area (Å²) in [7, 11) is -1.99. The van der Waals surface area contributed by atoms with Crippen LogP contribution in [0.5, 0.6) is 11.5 Å². The maximum absolute atomic E-state index is 12.3. The average Bonchev–Trinajstić information content (AvgIpc) is 2.73. The molecule has 0 saturated carbocycles. The fraction of sp³-hybridized carbons (Fsp3) is 0.182. The topological polar surface area (TPSA) is 90.7 Å². The first-order chi connectivity index (χ1) is 14.0. The molecular weight excluding hydrogens is 388 g/mol. The molecule has 3 rings (SSSR count). The molecule has 152 valence electrons. The Morgan fingerprint density at radius 2 is 1.62 bits per heavy atom. The Bertz CT molecular complexity index is 1040. The van der Waals surface area contributed by atoms with Gasteiger partial charge in [0.15, 0.2) is 11.5 Å². The summed E-state index contributed by atoms with van der Waals surface area (Å²) < 4.78 is 38.5. The van der Waals surface area contributed by atoms with Crippen LogP contribution < -0.4 is 19.9 Å². The number of rotatable bonds is 9. The van der Waals surface area contributed by atoms with Crippen LogP contribution in [0.1, 0.15) is 11.1 Å². The van der Waals surface area contributed by atoms with Crippen LogP contribution in [0.15, 0.2) is 77.7 Å². The maximum atomic E-state index is 12.3. The summed E-state index contributed by atoms with van der Waals surface area (Å²) in [6, 6.07) is 21.6. The van der Waals surface area contributed by atoms with E-state index in [1.807, 2.05) is 48.5 Å². The van der Waals surface area contributed by atoms with Gasteiger partial charge in [-0.05, 0) is 53.9 Å². The zero-order valence-corrected chi connectivity index (χ0v) is 17.0. The highest BCUT2D eigenvalue weighted by molar-refractivity contribution is 7.89. The Hall–Kier alpha value is -3.03. The van der Waals surface area contributed by atoms with Gasteiger partial charge in [-0.1, -0.05) is 36.4 Å². The lowest BCUT2D eigenvalue weighted by molar-refractivity contribution is 0.284. The Balaban J connectivity index is 1.59. The zero-order chi connectivity index (χ0) is 20.7. The predicted molar refractivity (Wildman–Crippen MR) is 114 cm³/mol. The number of sulfonamides is 1. The first-order valence-electron chi connectivity index (χ1n) is 9.17. The Kier molecular flexibility index (Phi) is 6.74. The van der Waals surface area contributed by atoms with E-state index in [1.54, 1.807) is 19.2 Å². The number of anilines is 1. The molecule has 0 aliphatic rings. The van der Waals surface area contributed by atoms with Crippen LogP contribution in [0, 0.1) is 0 Å². The van der Waals surface area contributed by atoms with Crippen molar-refractivity contribution in [3.8, 4) is 11.5 Å². The van der Waals surface area contributed by atoms with Gasteiger partial charge in [-0.25, -0.2) is 13.1 Å². The molecule has 0 radical (unpaired) electrons. The zero-order valence-electron chi connectivity index (χ0n) is 16.2. The molecule has 0 unspecified atom stereocenters. The molecule has 0 atom stereocenters. The molecule has 0 aromatic heterocycles. The highest BCUT2D eigenvalue weighted by Gasteiger charge is 2.13. The summed E-state index contributed by atoms with van der Waals surface area (Å²) in [6.45, 7) is 0.706. The van der Waals surface area contributed by atoms with Crippen LogP contribution in [0.2, 0.25) is 0 Å². The van der Waals surface area contributed by atoms with Crippen molar-refractivity contribution in [2.75, 3.05) is 19.4 Å². The summed E-state index contributed by atoms with van der Waals surface area (Å²) >= 11 is 0. The summed E-state index contributed by atoms with van der Waals surface area (Å²) in [5, 5.41) is 0. The quantitative estimate of drug-likeness (QED) is 0.526. The second-order valence-corrected chi connectivity index (χ2v) is 8.24. The van der Waals surface area contributed by atoms with E-state index in [0.29, 0.717) is 30.2 Å². The van der Waals surface area contributed by atoms with Crippen molar-refractivity contribution in [3.63, 3.8) is 0 Å². The van der Waals surface area contributed by atoms with Gasteiger partial charge >= 0.3 is 0 Å². The van der Waals surface area contributed by atoms with Gasteiger partial charge in [-0.15, -0.1) is 0 Å². The molecule has 0 amide bonds. The third kappa shape index (κ3) is 5.73. The van der Waals surface area contributed by atoms with Crippen LogP contribution in [-0.4, -0.2) is 22.1 Å². The summed E-state index contributed by atoms with van der Waals surface area (Å²) in [6.07, 6.45) is 0.517. The van der Waals surface area contributed by atoms with Gasteiger partial charge in [0.05, 0.1) is 12.0 Å². The second-order valence-electron chi connectivity index (χ2n) is 6.48. The standard InChI is InChI=1S/C22H24N2O4S/c1-27-22-15-17(7-12-21(22)28-16-18-5-3-2-4-6-18)13-14-24-29(25,26)20-10-8-19(23)9-11-20/h2-12,15,24H,13-14,16,23H2,1H3. The monoisotopic (exact) mass is 412 g/mol. The van der Waals surface area contributed by atoms with Gasteiger partial charge in [-0.2, -0.15) is 0 Å². The van der Waals surface area contributed by atoms with Crippen molar-refractivity contribution in [2.45, 2.75) is 17.9 Å². The third-order valence-electron chi connectivity index (χ3n) is 4.36. The van der Waals surface area contributed by atoms with E-state index in [-0.39, 0.29) is 11.4 Å². The van der Waals surface area contributed by atoms with Gasteiger partial charge in [0, 0.05) is 12.2 Å². The molecule has 6 nitrogen and oxygen atoms in total. The number of hydrogen-bond acceptors (Lipinski definition) is 5. The van der Waals surface area contributed by atoms with E-state index in [1.165, 1.54) is 12.1 Å². The molecule has 0 spiro atoms. The van der Waals surface area contributed by atoms with E-state index in [4.69, 9.17) is 15.2 Å². The molecule has 29 heavy (non-hydrogen) atoms. The number of nitrogens with one attached hydrogen (secondary N) is 1. The van der Waals surface area contributed by atoms with Gasteiger partial charge in [0.2, 0.25) is 10.0 Å². The number of nitrogens with two attached hydrogens (primary N) is 1. The minimum atomic E-state index is -3.57. The average molecular weight is 413 g/mol. The Labute approximate surface area is 171 Å². The molecule has 0 aliphatic carbocycles. The minimum absolute atomic E-state index is 0.189. The van der Waals surface area contributed by atoms with E-state index < -0.39 is 10.0 Å². The van der Waals surface area contributed by atoms with Crippen molar-refractivity contribution in [3.05, 3.63) is 83.9 Å². The smallest absolute Gasteiger partial charge is 0.240 e. The number of benzene rings is 3. The predicted octanol–water partition coefficient (Wildman–Crippen LogP) is 3.38. The fourth-order valence-corrected chi connectivity index (χ4v) is 3.81. The van der Waals surface area contributed by atoms with E-state index in [2.05, 4.69) is 4.72 Å². The van der Waals surface area contributed by atoms with Crippen molar-refractivity contribution < 1.29 is 17.9 Å². The van der Waals surface area contributed by atoms with Gasteiger partial charge in [-0.3, -0.25) is 0 Å². The molecular formula is C22H24N2O4S. The molecule has 3 aromatic carbocycles. The van der Waals surface area contributed by atoms with Gasteiger partial charge in [0.25, 0.3) is 0 Å². The van der Waals surface area contributed by atoms with Crippen molar-refractivity contribution in [2.24, 2.45) is 0 Å². The summed E-state index contributed by atoms with van der Waals surface area (Å²) in [4.78, 5) is 0.189. The highest BCUT2D eigenvalue weighted by atomic mass is 32.2. The van der Waals surface area contributed by atoms with Crippen LogP contribution in [0.4, 0.5) is 5.69 Å². The van der Waals surface area contributed by atoms with Crippen molar-refractivity contribution >= 4 is 15.7 Å². The minimum Gasteiger partial charge on any atom is -0.493 e. The molecule has 3 aromatic rings. The normalized spacial score (nSPS) is 11.2. The lowest BCUT2D eigenvalue weighted by Crippen LogP contribution is -2.26. The number of hydrogen-bond donors (Lipinski definition) is 2. The van der Waals surface area contributed by atoms with Crippen LogP contribution >= 0.6 is 0 Å². The van der Waals surface area contributed by atoms with E-state index in [9.17, 15) is 8.42 Å². The molecule has 3 N–H and O–H groups in total. The van der Waals surface area contributed by atoms with E-state index >= 15 is 0 Å². The second kappa shape index (κ2) is 9.45. The third-order valence-corrected chi connectivity index (χ3v) is 5.84. The van der Waals surface area contributed by atoms with Crippen LogP contribution in [0.3, 0.4) is 0 Å². The fourth-order valence-electron chi connectivity index (χ4n) is 2.78. The Morgan fingerprint density at radius 3 is 2.31 bits per heavy atom. The maximum Gasteiger partial charge on any atom is 0.240 e. The number of ether oxygens (including phenoxy) is 2. The highest BCUT2D eigenvalue weighted by Crippen LogP contribution is 2.29. The van der Waals surface area contributed by atoms with Crippen LogP contribution in [-0.2, 0) is 23.1 Å². The first-order valence-corrected chi connectivity index (χ1v) is 10.6. The number of nitrogen functional groups attached to an aromatic ring is 1. The molecule has 0 saturated heterocycles. The van der Waals surface area contributed by atoms with Crippen LogP contribution in [0.25, 0.3) is 0 Å². The van der Waals surface area contributed by atoms with Crippen molar-refractivity contribution in [1.82, 2.24) is 4.72 Å². The Morgan fingerprint density at radius 1 is 0.897 bits per heavy atom. The first kappa shape index (κ1) is 20.7. The lowest BCUT2D eigenvalue weighted by Gasteiger charge is -2.13. The van der Waals surface area contributed by atoms with E-state index in [0.717, 1.165) is 11.1 Å². The molecule has 0 fully saturated rings. The lowest BCUT2D eigenvalue weighted by atomic mass is 10.1.